The van der Waals surface area contributed by atoms with Crippen LogP contribution in [0.3, 0.4) is 0 Å². The average molecular weight is 492 g/mol. The minimum absolute atomic E-state index is 0.00372. The molecule has 1 fully saturated rings. The fraction of sp³-hybridized carbons (Fsp3) is 0.393. The van der Waals surface area contributed by atoms with E-state index in [4.69, 9.17) is 4.74 Å². The van der Waals surface area contributed by atoms with Gasteiger partial charge in [0.2, 0.25) is 0 Å². The molecule has 0 radical (unpaired) electrons. The van der Waals surface area contributed by atoms with E-state index in [1.807, 2.05) is 64.9 Å². The summed E-state index contributed by atoms with van der Waals surface area (Å²) >= 11 is 1.52. The molecule has 6 nitrogen and oxygen atoms in total. The van der Waals surface area contributed by atoms with Gasteiger partial charge in [-0.1, -0.05) is 57.2 Å². The molecule has 0 saturated carbocycles. The predicted octanol–water partition coefficient (Wildman–Crippen LogP) is 5.87. The Kier molecular flexibility index (Phi) is 7.55. The van der Waals surface area contributed by atoms with E-state index in [9.17, 15) is 9.59 Å². The van der Waals surface area contributed by atoms with Crippen molar-refractivity contribution in [2.75, 3.05) is 18.4 Å². The van der Waals surface area contributed by atoms with Gasteiger partial charge in [-0.3, -0.25) is 9.59 Å². The normalized spacial score (nSPS) is 15.5. The fourth-order valence-electron chi connectivity index (χ4n) is 4.37. The Morgan fingerprint density at radius 1 is 1.06 bits per heavy atom. The van der Waals surface area contributed by atoms with Gasteiger partial charge in [0, 0.05) is 30.1 Å². The SMILES string of the molecule is CC(Oc1ccccc1)C(=O)N1CCC(c2nc(C(=O)Nc3ccccc3C(C)(C)C)cs2)CC1. The number of para-hydroxylation sites is 2. The van der Waals surface area contributed by atoms with Crippen LogP contribution in [0.1, 0.15) is 67.5 Å². The highest BCUT2D eigenvalue weighted by Gasteiger charge is 2.29. The highest BCUT2D eigenvalue weighted by atomic mass is 32.1. The number of benzene rings is 2. The zero-order valence-corrected chi connectivity index (χ0v) is 21.6. The van der Waals surface area contributed by atoms with Crippen LogP contribution in [0.4, 0.5) is 5.69 Å². The molecule has 2 amide bonds. The first kappa shape index (κ1) is 24.9. The maximum Gasteiger partial charge on any atom is 0.275 e. The van der Waals surface area contributed by atoms with Crippen molar-refractivity contribution in [3.05, 3.63) is 76.2 Å². The van der Waals surface area contributed by atoms with Crippen LogP contribution in [0.25, 0.3) is 0 Å². The number of carbonyl (C=O) groups is 2. The fourth-order valence-corrected chi connectivity index (χ4v) is 5.34. The van der Waals surface area contributed by atoms with E-state index in [2.05, 4.69) is 31.1 Å². The molecule has 1 aromatic heterocycles. The summed E-state index contributed by atoms with van der Waals surface area (Å²) in [7, 11) is 0. The van der Waals surface area contributed by atoms with E-state index in [-0.39, 0.29) is 23.1 Å². The van der Waals surface area contributed by atoms with Crippen LogP contribution in [0.2, 0.25) is 0 Å². The molecule has 0 spiro atoms. The molecule has 1 unspecified atom stereocenters. The Labute approximate surface area is 211 Å². The van der Waals surface area contributed by atoms with Gasteiger partial charge in [0.25, 0.3) is 11.8 Å². The molecule has 1 aliphatic rings. The lowest BCUT2D eigenvalue weighted by atomic mass is 9.86. The molecule has 7 heteroatoms. The van der Waals surface area contributed by atoms with Crippen LogP contribution in [-0.2, 0) is 10.2 Å². The summed E-state index contributed by atoms with van der Waals surface area (Å²) in [5.41, 5.74) is 2.27. The van der Waals surface area contributed by atoms with Gasteiger partial charge in [-0.2, -0.15) is 0 Å². The largest absolute Gasteiger partial charge is 0.481 e. The smallest absolute Gasteiger partial charge is 0.275 e. The van der Waals surface area contributed by atoms with Crippen molar-refractivity contribution in [3.8, 4) is 5.75 Å². The molecule has 1 aliphatic heterocycles. The summed E-state index contributed by atoms with van der Waals surface area (Å²) in [6, 6.07) is 17.3. The van der Waals surface area contributed by atoms with Gasteiger partial charge in [0.1, 0.15) is 11.4 Å². The maximum atomic E-state index is 12.9. The summed E-state index contributed by atoms with van der Waals surface area (Å²) < 4.78 is 5.80. The van der Waals surface area contributed by atoms with Crippen molar-refractivity contribution in [1.29, 1.82) is 0 Å². The molecule has 1 N–H and O–H groups in total. The number of anilines is 1. The van der Waals surface area contributed by atoms with Crippen molar-refractivity contribution < 1.29 is 14.3 Å². The van der Waals surface area contributed by atoms with E-state index in [1.165, 1.54) is 11.3 Å². The van der Waals surface area contributed by atoms with Crippen molar-refractivity contribution >= 4 is 28.8 Å². The van der Waals surface area contributed by atoms with Crippen LogP contribution >= 0.6 is 11.3 Å². The van der Waals surface area contributed by atoms with Gasteiger partial charge >= 0.3 is 0 Å². The molecule has 0 aliphatic carbocycles. The van der Waals surface area contributed by atoms with Crippen LogP contribution in [0, 0.1) is 0 Å². The quantitative estimate of drug-likeness (QED) is 0.468. The highest BCUT2D eigenvalue weighted by molar-refractivity contribution is 7.10. The number of piperidine rings is 1. The number of likely N-dealkylation sites (tertiary alicyclic amines) is 1. The number of nitrogens with zero attached hydrogens (tertiary/aromatic N) is 2. The number of thiazole rings is 1. The maximum absolute atomic E-state index is 12.9. The van der Waals surface area contributed by atoms with Crippen molar-refractivity contribution in [2.24, 2.45) is 0 Å². The predicted molar refractivity (Wildman–Crippen MR) is 140 cm³/mol. The minimum Gasteiger partial charge on any atom is -0.481 e. The number of aromatic nitrogens is 1. The van der Waals surface area contributed by atoms with Crippen LogP contribution < -0.4 is 10.1 Å². The molecule has 4 rings (SSSR count). The Bertz CT molecular complexity index is 1160. The molecular formula is C28H33N3O3S. The third-order valence-corrected chi connectivity index (χ3v) is 7.30. The monoisotopic (exact) mass is 491 g/mol. The molecule has 2 heterocycles. The molecule has 2 aromatic carbocycles. The number of hydrogen-bond acceptors (Lipinski definition) is 5. The summed E-state index contributed by atoms with van der Waals surface area (Å²) in [5.74, 6) is 0.757. The van der Waals surface area contributed by atoms with E-state index in [1.54, 1.807) is 6.92 Å². The van der Waals surface area contributed by atoms with Gasteiger partial charge in [-0.05, 0) is 48.9 Å². The second-order valence-electron chi connectivity index (χ2n) is 9.99. The summed E-state index contributed by atoms with van der Waals surface area (Å²) in [5, 5.41) is 5.83. The third-order valence-electron chi connectivity index (χ3n) is 6.30. The molecule has 0 bridgehead atoms. The molecule has 184 valence electrons. The summed E-state index contributed by atoms with van der Waals surface area (Å²) in [6.45, 7) is 9.50. The zero-order valence-electron chi connectivity index (χ0n) is 20.8. The van der Waals surface area contributed by atoms with Crippen LogP contribution in [-0.4, -0.2) is 40.9 Å². The third kappa shape index (κ3) is 6.09. The minimum atomic E-state index is -0.528. The van der Waals surface area contributed by atoms with Crippen molar-refractivity contribution in [2.45, 2.75) is 58.0 Å². The Morgan fingerprint density at radius 2 is 1.71 bits per heavy atom. The first-order chi connectivity index (χ1) is 16.7. The number of ether oxygens (including phenoxy) is 1. The van der Waals surface area contributed by atoms with Crippen LogP contribution in [0.5, 0.6) is 5.75 Å². The van der Waals surface area contributed by atoms with Gasteiger partial charge in [-0.15, -0.1) is 11.3 Å². The molecule has 1 atom stereocenters. The molecular weight excluding hydrogens is 458 g/mol. The lowest BCUT2D eigenvalue weighted by Crippen LogP contribution is -2.44. The standard InChI is InChI=1S/C28H33N3O3S/c1-19(34-21-10-6-5-7-11-21)27(33)31-16-14-20(15-17-31)26-30-24(18-35-26)25(32)29-23-13-9-8-12-22(23)28(2,3)4/h5-13,18-20H,14-17H2,1-4H3,(H,29,32). The number of hydrogen-bond donors (Lipinski definition) is 1. The average Bonchev–Trinajstić information content (AvgIpc) is 3.34. The van der Waals surface area contributed by atoms with Crippen molar-refractivity contribution in [3.63, 3.8) is 0 Å². The van der Waals surface area contributed by atoms with Crippen LogP contribution in [0.15, 0.2) is 60.0 Å². The van der Waals surface area contributed by atoms with E-state index in [0.717, 1.165) is 29.1 Å². The molecule has 3 aromatic rings. The summed E-state index contributed by atoms with van der Waals surface area (Å²) in [4.78, 5) is 32.3. The zero-order chi connectivity index (χ0) is 25.0. The van der Waals surface area contributed by atoms with E-state index < -0.39 is 6.10 Å². The Hall–Kier alpha value is -3.19. The van der Waals surface area contributed by atoms with Gasteiger partial charge in [-0.25, -0.2) is 4.98 Å². The number of rotatable bonds is 6. The number of nitrogens with one attached hydrogen (secondary N) is 1. The second-order valence-corrected chi connectivity index (χ2v) is 10.9. The van der Waals surface area contributed by atoms with Crippen molar-refractivity contribution in [1.82, 2.24) is 9.88 Å². The second kappa shape index (κ2) is 10.6. The van der Waals surface area contributed by atoms with Gasteiger partial charge < -0.3 is 15.0 Å². The summed E-state index contributed by atoms with van der Waals surface area (Å²) in [6.07, 6.45) is 1.12. The van der Waals surface area contributed by atoms with Gasteiger partial charge in [0.05, 0.1) is 5.01 Å². The first-order valence-electron chi connectivity index (χ1n) is 12.1. The first-order valence-corrected chi connectivity index (χ1v) is 13.0. The Balaban J connectivity index is 1.33. The lowest BCUT2D eigenvalue weighted by Gasteiger charge is -2.32. The highest BCUT2D eigenvalue weighted by Crippen LogP contribution is 2.32. The van der Waals surface area contributed by atoms with E-state index in [0.29, 0.717) is 24.5 Å². The van der Waals surface area contributed by atoms with E-state index >= 15 is 0 Å². The lowest BCUT2D eigenvalue weighted by molar-refractivity contribution is -0.139. The number of carbonyl (C=O) groups excluding carboxylic acids is 2. The Morgan fingerprint density at radius 3 is 2.40 bits per heavy atom. The topological polar surface area (TPSA) is 71.5 Å². The van der Waals surface area contributed by atoms with Gasteiger partial charge in [0.15, 0.2) is 6.10 Å². The number of amides is 2. The molecule has 35 heavy (non-hydrogen) atoms. The molecule has 1 saturated heterocycles.